The molecule has 1 rings (SSSR count). The van der Waals surface area contributed by atoms with E-state index in [1.54, 1.807) is 13.0 Å². The number of nitrogen functional groups attached to an aromatic ring is 1. The molecule has 0 saturated carbocycles. The summed E-state index contributed by atoms with van der Waals surface area (Å²) in [5, 5.41) is 10.4. The molecule has 2 N–H and O–H groups in total. The van der Waals surface area contributed by atoms with Crippen molar-refractivity contribution in [3.8, 4) is 0 Å². The zero-order valence-corrected chi connectivity index (χ0v) is 6.13. The van der Waals surface area contributed by atoms with Crippen LogP contribution < -0.4 is 10.8 Å². The van der Waals surface area contributed by atoms with Crippen LogP contribution in [-0.2, 0) is 0 Å². The number of hydrogen-bond acceptors (Lipinski definition) is 3. The molecule has 0 aliphatic carbocycles. The molecular weight excluding hydrogens is 142 g/mol. The number of hydrogen-bond donors (Lipinski definition) is 1. The number of anilines is 1. The van der Waals surface area contributed by atoms with Gasteiger partial charge in [0.25, 0.3) is 0 Å². The molecule has 0 aromatic heterocycles. The molecule has 1 aromatic carbocycles. The minimum Gasteiger partial charge on any atom is -0.545 e. The molecule has 1 aromatic rings. The number of benzene rings is 1. The summed E-state index contributed by atoms with van der Waals surface area (Å²) in [7, 11) is 0. The van der Waals surface area contributed by atoms with E-state index in [0.717, 1.165) is 0 Å². The summed E-state index contributed by atoms with van der Waals surface area (Å²) >= 11 is 0. The molecule has 0 amide bonds. The van der Waals surface area contributed by atoms with Crippen LogP contribution in [0.3, 0.4) is 0 Å². The van der Waals surface area contributed by atoms with Crippen LogP contribution in [0.15, 0.2) is 18.2 Å². The van der Waals surface area contributed by atoms with E-state index in [1.807, 2.05) is 0 Å². The Morgan fingerprint density at radius 3 is 2.64 bits per heavy atom. The first-order valence-corrected chi connectivity index (χ1v) is 3.18. The van der Waals surface area contributed by atoms with E-state index in [1.165, 1.54) is 12.1 Å². The lowest BCUT2D eigenvalue weighted by Gasteiger charge is -2.06. The van der Waals surface area contributed by atoms with Crippen LogP contribution in [0.5, 0.6) is 0 Å². The normalized spacial score (nSPS) is 9.55. The van der Waals surface area contributed by atoms with Crippen molar-refractivity contribution in [1.29, 1.82) is 0 Å². The number of carboxylic acids is 1. The molecule has 0 fully saturated rings. The first-order valence-electron chi connectivity index (χ1n) is 3.18. The Labute approximate surface area is 64.5 Å². The van der Waals surface area contributed by atoms with Crippen LogP contribution in [-0.4, -0.2) is 5.97 Å². The van der Waals surface area contributed by atoms with Crippen molar-refractivity contribution in [3.63, 3.8) is 0 Å². The van der Waals surface area contributed by atoms with Crippen LogP contribution in [0.1, 0.15) is 15.9 Å². The third-order valence-electron chi connectivity index (χ3n) is 1.47. The number of nitrogens with two attached hydrogens (primary N) is 1. The Hall–Kier alpha value is -1.51. The average Bonchev–Trinajstić information content (AvgIpc) is 1.85. The summed E-state index contributed by atoms with van der Waals surface area (Å²) < 4.78 is 0. The van der Waals surface area contributed by atoms with Crippen molar-refractivity contribution in [2.45, 2.75) is 6.92 Å². The van der Waals surface area contributed by atoms with E-state index >= 15 is 0 Å². The summed E-state index contributed by atoms with van der Waals surface area (Å²) in [6.07, 6.45) is 0. The van der Waals surface area contributed by atoms with Gasteiger partial charge in [-0.2, -0.15) is 0 Å². The van der Waals surface area contributed by atoms with Gasteiger partial charge in [0.05, 0.1) is 5.97 Å². The number of aryl methyl sites for hydroxylation is 1. The Balaban J connectivity index is 3.20. The van der Waals surface area contributed by atoms with Gasteiger partial charge in [0.15, 0.2) is 0 Å². The number of carbonyl (C=O) groups excluding carboxylic acids is 1. The van der Waals surface area contributed by atoms with Crippen LogP contribution in [0, 0.1) is 6.92 Å². The van der Waals surface area contributed by atoms with Gasteiger partial charge in [0, 0.05) is 11.3 Å². The monoisotopic (exact) mass is 150 g/mol. The molecule has 58 valence electrons. The van der Waals surface area contributed by atoms with Gasteiger partial charge in [-0.15, -0.1) is 0 Å². The van der Waals surface area contributed by atoms with Crippen molar-refractivity contribution in [2.24, 2.45) is 0 Å². The Kier molecular flexibility index (Phi) is 1.81. The number of rotatable bonds is 1. The fraction of sp³-hybridized carbons (Fsp3) is 0.125. The summed E-state index contributed by atoms with van der Waals surface area (Å²) in [4.78, 5) is 10.4. The summed E-state index contributed by atoms with van der Waals surface area (Å²) in [5.41, 5.74) is 6.80. The van der Waals surface area contributed by atoms with Gasteiger partial charge >= 0.3 is 0 Å². The molecule has 0 unspecified atom stereocenters. The van der Waals surface area contributed by atoms with Gasteiger partial charge in [-0.05, 0) is 24.6 Å². The lowest BCUT2D eigenvalue weighted by Crippen LogP contribution is -2.23. The smallest absolute Gasteiger partial charge is 0.0718 e. The third-order valence-corrected chi connectivity index (χ3v) is 1.47. The second kappa shape index (κ2) is 2.62. The molecule has 0 aliphatic heterocycles. The fourth-order valence-corrected chi connectivity index (χ4v) is 0.916. The number of aromatic carboxylic acids is 1. The highest BCUT2D eigenvalue weighted by Crippen LogP contribution is 2.10. The first kappa shape index (κ1) is 7.60. The van der Waals surface area contributed by atoms with Gasteiger partial charge in [-0.1, -0.05) is 6.07 Å². The van der Waals surface area contributed by atoms with Crippen molar-refractivity contribution in [3.05, 3.63) is 29.3 Å². The summed E-state index contributed by atoms with van der Waals surface area (Å²) in [5.74, 6) is -1.16. The quantitative estimate of drug-likeness (QED) is 0.570. The maximum atomic E-state index is 10.4. The van der Waals surface area contributed by atoms with Crippen molar-refractivity contribution < 1.29 is 9.90 Å². The molecule has 0 atom stereocenters. The molecule has 0 bridgehead atoms. The highest BCUT2D eigenvalue weighted by atomic mass is 16.4. The van der Waals surface area contributed by atoms with E-state index in [0.29, 0.717) is 11.3 Å². The zero-order chi connectivity index (χ0) is 8.43. The van der Waals surface area contributed by atoms with E-state index in [2.05, 4.69) is 0 Å². The van der Waals surface area contributed by atoms with Crippen molar-refractivity contribution >= 4 is 11.7 Å². The highest BCUT2D eigenvalue weighted by Gasteiger charge is 1.97. The Morgan fingerprint density at radius 1 is 1.55 bits per heavy atom. The largest absolute Gasteiger partial charge is 0.545 e. The standard InChI is InChI=1S/C8H9NO2/c1-5-4-6(9)2-3-7(5)8(10)11/h2-4H,9H2,1H3,(H,10,11)/p-1. The van der Waals surface area contributed by atoms with Crippen molar-refractivity contribution in [1.82, 2.24) is 0 Å². The van der Waals surface area contributed by atoms with E-state index < -0.39 is 5.97 Å². The van der Waals surface area contributed by atoms with Gasteiger partial charge in [-0.25, -0.2) is 0 Å². The van der Waals surface area contributed by atoms with E-state index in [-0.39, 0.29) is 5.56 Å². The molecule has 0 saturated heterocycles. The van der Waals surface area contributed by atoms with Crippen molar-refractivity contribution in [2.75, 3.05) is 5.73 Å². The Morgan fingerprint density at radius 2 is 2.18 bits per heavy atom. The van der Waals surface area contributed by atoms with Crippen LogP contribution in [0.4, 0.5) is 5.69 Å². The highest BCUT2D eigenvalue weighted by molar-refractivity contribution is 5.88. The second-order valence-corrected chi connectivity index (χ2v) is 2.36. The molecule has 3 heteroatoms. The molecule has 0 aliphatic rings. The zero-order valence-electron chi connectivity index (χ0n) is 6.13. The molecular formula is C8H8NO2-. The minimum absolute atomic E-state index is 0.194. The van der Waals surface area contributed by atoms with Gasteiger partial charge in [-0.3, -0.25) is 0 Å². The topological polar surface area (TPSA) is 66.2 Å². The van der Waals surface area contributed by atoms with Crippen LogP contribution >= 0.6 is 0 Å². The van der Waals surface area contributed by atoms with Gasteiger partial charge in [0.2, 0.25) is 0 Å². The summed E-state index contributed by atoms with van der Waals surface area (Å²) in [6, 6.07) is 4.59. The molecule has 11 heavy (non-hydrogen) atoms. The van der Waals surface area contributed by atoms with Crippen LogP contribution in [0.2, 0.25) is 0 Å². The minimum atomic E-state index is -1.16. The third kappa shape index (κ3) is 1.49. The fourth-order valence-electron chi connectivity index (χ4n) is 0.916. The summed E-state index contributed by atoms with van der Waals surface area (Å²) in [6.45, 7) is 1.68. The SMILES string of the molecule is Cc1cc(N)ccc1C(=O)[O-]. The Bertz CT molecular complexity index is 294. The predicted octanol–water partition coefficient (Wildman–Crippen LogP) is -0.0593. The first-order chi connectivity index (χ1) is 5.11. The maximum absolute atomic E-state index is 10.4. The van der Waals surface area contributed by atoms with Gasteiger partial charge < -0.3 is 15.6 Å². The lowest BCUT2D eigenvalue weighted by molar-refractivity contribution is -0.255. The van der Waals surface area contributed by atoms with Gasteiger partial charge in [0.1, 0.15) is 0 Å². The average molecular weight is 150 g/mol. The number of carbonyl (C=O) groups is 1. The molecule has 0 heterocycles. The lowest BCUT2D eigenvalue weighted by atomic mass is 10.1. The predicted molar refractivity (Wildman–Crippen MR) is 39.9 cm³/mol. The second-order valence-electron chi connectivity index (χ2n) is 2.36. The number of carboxylic acid groups (broad SMARTS) is 1. The molecule has 0 radical (unpaired) electrons. The maximum Gasteiger partial charge on any atom is 0.0718 e. The molecule has 0 spiro atoms. The molecule has 3 nitrogen and oxygen atoms in total. The van der Waals surface area contributed by atoms with E-state index in [4.69, 9.17) is 5.73 Å². The van der Waals surface area contributed by atoms with Crippen LogP contribution in [0.25, 0.3) is 0 Å². The van der Waals surface area contributed by atoms with E-state index in [9.17, 15) is 9.90 Å².